The molecule has 206 valence electrons. The second kappa shape index (κ2) is 12.2. The molecule has 38 heavy (non-hydrogen) atoms. The minimum absolute atomic E-state index is 0.0451. The molecule has 0 unspecified atom stereocenters. The van der Waals surface area contributed by atoms with Gasteiger partial charge in [-0.3, -0.25) is 14.4 Å². The number of amides is 1. The normalized spacial score (nSPS) is 17.2. The number of anilines is 2. The van der Waals surface area contributed by atoms with Gasteiger partial charge in [0.25, 0.3) is 0 Å². The molecule has 8 nitrogen and oxygen atoms in total. The first-order valence-corrected chi connectivity index (χ1v) is 13.3. The van der Waals surface area contributed by atoms with Crippen LogP contribution in [-0.4, -0.2) is 41.1 Å². The Hall–Kier alpha value is -3.10. The molecule has 5 N–H and O–H groups in total. The zero-order valence-corrected chi connectivity index (χ0v) is 23.2. The molecule has 1 aliphatic heterocycles. The van der Waals surface area contributed by atoms with Gasteiger partial charge >= 0.3 is 11.9 Å². The van der Waals surface area contributed by atoms with Crippen molar-refractivity contribution in [2.45, 2.75) is 59.9 Å². The zero-order valence-electron chi connectivity index (χ0n) is 22.5. The third kappa shape index (κ3) is 7.05. The van der Waals surface area contributed by atoms with Gasteiger partial charge in [-0.05, 0) is 71.7 Å². The predicted octanol–water partition coefficient (Wildman–Crippen LogP) is 5.20. The summed E-state index contributed by atoms with van der Waals surface area (Å²) < 4.78 is 0. The van der Waals surface area contributed by atoms with Crippen molar-refractivity contribution in [3.63, 3.8) is 0 Å². The van der Waals surface area contributed by atoms with Crippen LogP contribution < -0.4 is 16.0 Å². The summed E-state index contributed by atoms with van der Waals surface area (Å²) in [6.45, 7) is 11.3. The molecule has 1 saturated carbocycles. The Morgan fingerprint density at radius 3 is 2.05 bits per heavy atom. The molecule has 2 aromatic rings. The lowest BCUT2D eigenvalue weighted by atomic mass is 10.0. The van der Waals surface area contributed by atoms with Gasteiger partial charge in [0.05, 0.1) is 23.6 Å². The number of benzene rings is 2. The van der Waals surface area contributed by atoms with E-state index >= 15 is 0 Å². The molecule has 2 aliphatic rings. The molecular weight excluding hydrogens is 506 g/mol. The first-order valence-electron chi connectivity index (χ1n) is 12.9. The highest BCUT2D eigenvalue weighted by atomic mass is 35.5. The highest BCUT2D eigenvalue weighted by Gasteiger charge is 2.68. The number of aliphatic carboxylic acids is 2. The Kier molecular flexibility index (Phi) is 9.44. The summed E-state index contributed by atoms with van der Waals surface area (Å²) in [4.78, 5) is 31.9. The van der Waals surface area contributed by atoms with E-state index in [9.17, 15) is 14.4 Å². The molecule has 0 aromatic heterocycles. The maximum Gasteiger partial charge on any atom is 0.303 e. The summed E-state index contributed by atoms with van der Waals surface area (Å²) in [5.41, 5.74) is 5.84. The van der Waals surface area contributed by atoms with Gasteiger partial charge < -0.3 is 26.2 Å². The SMILES string of the molecule is CC1(C)C(C(=O)Nc2ccc(CNc3c(Cl)ccc4c3CCNCC4)cc2)C1(C)C.O=C(O)CCC(=O)O. The Balaban J connectivity index is 0.000000436. The summed E-state index contributed by atoms with van der Waals surface area (Å²) in [6.07, 6.45) is 1.42. The number of halogens is 1. The van der Waals surface area contributed by atoms with Crippen molar-refractivity contribution in [2.24, 2.45) is 16.7 Å². The third-order valence-electron chi connectivity index (χ3n) is 8.01. The summed E-state index contributed by atoms with van der Waals surface area (Å²) in [5.74, 6) is -1.99. The van der Waals surface area contributed by atoms with E-state index in [0.717, 1.165) is 47.9 Å². The summed E-state index contributed by atoms with van der Waals surface area (Å²) in [7, 11) is 0. The molecule has 9 heteroatoms. The monoisotopic (exact) mass is 543 g/mol. The fraction of sp³-hybridized carbons (Fsp3) is 0.483. The number of fused-ring (bicyclic) bond motifs is 1. The van der Waals surface area contributed by atoms with E-state index < -0.39 is 11.9 Å². The Morgan fingerprint density at radius 2 is 1.50 bits per heavy atom. The lowest BCUT2D eigenvalue weighted by Crippen LogP contribution is -2.17. The number of hydrogen-bond donors (Lipinski definition) is 5. The first-order chi connectivity index (χ1) is 17.8. The van der Waals surface area contributed by atoms with E-state index in [1.807, 2.05) is 18.2 Å². The van der Waals surface area contributed by atoms with E-state index in [1.165, 1.54) is 11.1 Å². The minimum Gasteiger partial charge on any atom is -0.481 e. The molecule has 0 atom stereocenters. The van der Waals surface area contributed by atoms with Gasteiger partial charge in [0.1, 0.15) is 0 Å². The number of hydrogen-bond acceptors (Lipinski definition) is 5. The smallest absolute Gasteiger partial charge is 0.303 e. The van der Waals surface area contributed by atoms with E-state index in [1.54, 1.807) is 0 Å². The van der Waals surface area contributed by atoms with E-state index in [0.29, 0.717) is 6.54 Å². The van der Waals surface area contributed by atoms with E-state index in [-0.39, 0.29) is 35.5 Å². The van der Waals surface area contributed by atoms with Gasteiger partial charge in [0.2, 0.25) is 5.91 Å². The third-order valence-corrected chi connectivity index (χ3v) is 8.32. The molecule has 0 radical (unpaired) electrons. The summed E-state index contributed by atoms with van der Waals surface area (Å²) >= 11 is 6.51. The zero-order chi connectivity index (χ0) is 28.1. The van der Waals surface area contributed by atoms with Gasteiger partial charge in [-0.2, -0.15) is 0 Å². The van der Waals surface area contributed by atoms with Crippen LogP contribution in [0.3, 0.4) is 0 Å². The van der Waals surface area contributed by atoms with Crippen LogP contribution in [0.5, 0.6) is 0 Å². The summed E-state index contributed by atoms with van der Waals surface area (Å²) in [5, 5.41) is 26.7. The van der Waals surface area contributed by atoms with Crippen LogP contribution in [0, 0.1) is 16.7 Å². The van der Waals surface area contributed by atoms with Gasteiger partial charge in [0.15, 0.2) is 0 Å². The van der Waals surface area contributed by atoms with Crippen LogP contribution in [0.15, 0.2) is 36.4 Å². The number of carbonyl (C=O) groups is 3. The molecule has 0 saturated heterocycles. The molecule has 0 bridgehead atoms. The van der Waals surface area contributed by atoms with Crippen LogP contribution >= 0.6 is 11.6 Å². The maximum absolute atomic E-state index is 12.7. The predicted molar refractivity (Wildman–Crippen MR) is 150 cm³/mol. The molecule has 1 fully saturated rings. The standard InChI is InChI=1S/C25H32ClN3O.C4H6O4/c1-24(2)22(25(24,3)4)23(30)29-18-8-5-16(6-9-18)15-28-21-19-12-14-27-13-11-17(19)7-10-20(21)26;5-3(6)1-2-4(7)8/h5-10,22,27-28H,11-15H2,1-4H3,(H,29,30);1-2H2,(H,5,6)(H,7,8). The average Bonchev–Trinajstić information content (AvgIpc) is 3.38. The van der Waals surface area contributed by atoms with Gasteiger partial charge in [0, 0.05) is 18.2 Å². The van der Waals surface area contributed by atoms with Crippen LogP contribution in [0.1, 0.15) is 57.2 Å². The van der Waals surface area contributed by atoms with Crippen molar-refractivity contribution in [2.75, 3.05) is 23.7 Å². The Morgan fingerprint density at radius 1 is 0.921 bits per heavy atom. The largest absolute Gasteiger partial charge is 0.481 e. The molecular formula is C29H38ClN3O5. The van der Waals surface area contributed by atoms with Crippen LogP contribution in [-0.2, 0) is 33.8 Å². The second-order valence-electron chi connectivity index (χ2n) is 11.0. The van der Waals surface area contributed by atoms with Crippen molar-refractivity contribution in [1.29, 1.82) is 0 Å². The molecule has 0 spiro atoms. The van der Waals surface area contributed by atoms with Crippen molar-refractivity contribution in [1.82, 2.24) is 5.32 Å². The lowest BCUT2D eigenvalue weighted by Gasteiger charge is -2.16. The van der Waals surface area contributed by atoms with Gasteiger partial charge in [-0.25, -0.2) is 0 Å². The second-order valence-corrected chi connectivity index (χ2v) is 11.4. The fourth-order valence-corrected chi connectivity index (χ4v) is 5.36. The van der Waals surface area contributed by atoms with E-state index in [2.05, 4.69) is 61.8 Å². The van der Waals surface area contributed by atoms with E-state index in [4.69, 9.17) is 21.8 Å². The Bertz CT molecular complexity index is 1150. The van der Waals surface area contributed by atoms with Crippen molar-refractivity contribution in [3.8, 4) is 0 Å². The molecule has 2 aromatic carbocycles. The van der Waals surface area contributed by atoms with Crippen molar-refractivity contribution >= 4 is 40.8 Å². The lowest BCUT2D eigenvalue weighted by molar-refractivity contribution is -0.143. The molecule has 1 heterocycles. The Labute approximate surface area is 229 Å². The van der Waals surface area contributed by atoms with Crippen LogP contribution in [0.4, 0.5) is 11.4 Å². The fourth-order valence-electron chi connectivity index (χ4n) is 5.11. The first kappa shape index (κ1) is 29.5. The number of rotatable bonds is 8. The van der Waals surface area contributed by atoms with Gasteiger partial charge in [-0.1, -0.05) is 57.5 Å². The number of carbonyl (C=O) groups excluding carboxylic acids is 1. The number of carboxylic acids is 2. The van der Waals surface area contributed by atoms with Crippen molar-refractivity contribution < 1.29 is 24.6 Å². The highest BCUT2D eigenvalue weighted by molar-refractivity contribution is 6.33. The van der Waals surface area contributed by atoms with Crippen LogP contribution in [0.2, 0.25) is 5.02 Å². The number of nitrogens with one attached hydrogen (secondary N) is 3. The number of carboxylic acid groups (broad SMARTS) is 2. The molecule has 1 amide bonds. The topological polar surface area (TPSA) is 128 Å². The average molecular weight is 544 g/mol. The minimum atomic E-state index is -1.08. The highest BCUT2D eigenvalue weighted by Crippen LogP contribution is 2.68. The van der Waals surface area contributed by atoms with Crippen molar-refractivity contribution in [3.05, 3.63) is 58.1 Å². The molecule has 4 rings (SSSR count). The maximum atomic E-state index is 12.7. The summed E-state index contributed by atoms with van der Waals surface area (Å²) in [6, 6.07) is 12.2. The van der Waals surface area contributed by atoms with Crippen LogP contribution in [0.25, 0.3) is 0 Å². The quantitative estimate of drug-likeness (QED) is 0.310. The molecule has 1 aliphatic carbocycles. The van der Waals surface area contributed by atoms with Gasteiger partial charge in [-0.15, -0.1) is 0 Å².